The van der Waals surface area contributed by atoms with Crippen LogP contribution in [0.1, 0.15) is 5.69 Å². The molecule has 0 aliphatic rings. The van der Waals surface area contributed by atoms with Crippen molar-refractivity contribution in [2.24, 2.45) is 0 Å². The Labute approximate surface area is 80.0 Å². The summed E-state index contributed by atoms with van der Waals surface area (Å²) in [5, 5.41) is 10.8. The van der Waals surface area contributed by atoms with Gasteiger partial charge in [0.25, 0.3) is 0 Å². The first-order valence-corrected chi connectivity index (χ1v) is 4.15. The second kappa shape index (κ2) is 3.37. The number of imidazole rings is 1. The second-order valence-corrected chi connectivity index (χ2v) is 2.83. The minimum absolute atomic E-state index is 0.281. The van der Waals surface area contributed by atoms with Gasteiger partial charge in [0, 0.05) is 18.1 Å². The highest BCUT2D eigenvalue weighted by Gasteiger charge is 2.01. The summed E-state index contributed by atoms with van der Waals surface area (Å²) in [7, 11) is 0. The highest BCUT2D eigenvalue weighted by atomic mass is 16.4. The van der Waals surface area contributed by atoms with Gasteiger partial charge in [-0.05, 0) is 12.1 Å². The molecule has 5 nitrogen and oxygen atoms in total. The number of nitrogens with zero attached hydrogens (tertiary/aromatic N) is 2. The van der Waals surface area contributed by atoms with E-state index in [9.17, 15) is 4.79 Å². The fourth-order valence-electron chi connectivity index (χ4n) is 1.32. The molecule has 0 atom stereocenters. The Hall–Kier alpha value is -2.04. The van der Waals surface area contributed by atoms with Crippen LogP contribution < -0.4 is 5.32 Å². The molecule has 72 valence electrons. The van der Waals surface area contributed by atoms with E-state index in [-0.39, 0.29) is 6.54 Å². The van der Waals surface area contributed by atoms with Crippen molar-refractivity contribution in [1.29, 1.82) is 0 Å². The van der Waals surface area contributed by atoms with Crippen LogP contribution in [0.5, 0.6) is 0 Å². The monoisotopic (exact) mass is 191 g/mol. The third kappa shape index (κ3) is 1.52. The van der Waals surface area contributed by atoms with Crippen LogP contribution in [0.15, 0.2) is 30.6 Å². The number of fused-ring (bicyclic) bond motifs is 1. The maximum atomic E-state index is 10.3. The smallest absolute Gasteiger partial charge is 0.404 e. The number of carboxylic acid groups (broad SMARTS) is 1. The normalized spacial score (nSPS) is 10.3. The van der Waals surface area contributed by atoms with Gasteiger partial charge in [0.1, 0.15) is 5.65 Å². The molecule has 0 aliphatic carbocycles. The Bertz CT molecular complexity index is 464. The van der Waals surface area contributed by atoms with Gasteiger partial charge in [-0.2, -0.15) is 0 Å². The van der Waals surface area contributed by atoms with Crippen molar-refractivity contribution in [1.82, 2.24) is 14.7 Å². The molecule has 0 unspecified atom stereocenters. The van der Waals surface area contributed by atoms with E-state index < -0.39 is 6.09 Å². The zero-order valence-corrected chi connectivity index (χ0v) is 7.34. The maximum Gasteiger partial charge on any atom is 0.404 e. The van der Waals surface area contributed by atoms with Crippen molar-refractivity contribution < 1.29 is 9.90 Å². The minimum Gasteiger partial charge on any atom is -0.465 e. The summed E-state index contributed by atoms with van der Waals surface area (Å²) in [6, 6.07) is 5.57. The van der Waals surface area contributed by atoms with E-state index in [0.29, 0.717) is 0 Å². The van der Waals surface area contributed by atoms with Gasteiger partial charge in [-0.15, -0.1) is 0 Å². The lowest BCUT2D eigenvalue weighted by Crippen LogP contribution is -2.21. The van der Waals surface area contributed by atoms with Gasteiger partial charge >= 0.3 is 6.09 Å². The summed E-state index contributed by atoms with van der Waals surface area (Å²) in [6.45, 7) is 0.281. The molecular weight excluding hydrogens is 182 g/mol. The molecule has 2 aromatic rings. The highest BCUT2D eigenvalue weighted by Crippen LogP contribution is 2.05. The van der Waals surface area contributed by atoms with Gasteiger partial charge in [0.15, 0.2) is 0 Å². The van der Waals surface area contributed by atoms with Crippen LogP contribution in [0.2, 0.25) is 0 Å². The highest BCUT2D eigenvalue weighted by molar-refractivity contribution is 5.64. The molecule has 2 aromatic heterocycles. The largest absolute Gasteiger partial charge is 0.465 e. The number of amides is 1. The van der Waals surface area contributed by atoms with E-state index in [0.717, 1.165) is 11.3 Å². The van der Waals surface area contributed by atoms with Crippen LogP contribution in [0, 0.1) is 0 Å². The summed E-state index contributed by atoms with van der Waals surface area (Å²) < 4.78 is 1.84. The van der Waals surface area contributed by atoms with Gasteiger partial charge in [-0.1, -0.05) is 6.07 Å². The van der Waals surface area contributed by atoms with Gasteiger partial charge in [-0.3, -0.25) is 0 Å². The summed E-state index contributed by atoms with van der Waals surface area (Å²) in [5.41, 5.74) is 1.68. The number of pyridine rings is 1. The molecule has 0 aliphatic heterocycles. The third-order valence-electron chi connectivity index (χ3n) is 1.93. The van der Waals surface area contributed by atoms with E-state index in [1.54, 1.807) is 12.4 Å². The average Bonchev–Trinajstić information content (AvgIpc) is 2.62. The molecule has 0 radical (unpaired) electrons. The summed E-state index contributed by atoms with van der Waals surface area (Å²) in [6.07, 6.45) is 2.45. The number of carbonyl (C=O) groups is 1. The van der Waals surface area contributed by atoms with E-state index in [4.69, 9.17) is 5.11 Å². The van der Waals surface area contributed by atoms with Crippen LogP contribution in [-0.2, 0) is 6.54 Å². The van der Waals surface area contributed by atoms with Crippen LogP contribution >= 0.6 is 0 Å². The Morgan fingerprint density at radius 1 is 1.57 bits per heavy atom. The Kier molecular flexibility index (Phi) is 2.06. The third-order valence-corrected chi connectivity index (χ3v) is 1.93. The first-order valence-electron chi connectivity index (χ1n) is 4.15. The molecule has 2 N–H and O–H groups in total. The zero-order chi connectivity index (χ0) is 9.97. The first-order chi connectivity index (χ1) is 6.77. The standard InChI is InChI=1S/C9H9N3O2/c13-9(14)11-6-7-2-1-3-8-10-4-5-12(7)8/h1-5,11H,6H2,(H,13,14). The fourth-order valence-corrected chi connectivity index (χ4v) is 1.32. The number of hydrogen-bond acceptors (Lipinski definition) is 2. The quantitative estimate of drug-likeness (QED) is 0.747. The van der Waals surface area contributed by atoms with Gasteiger partial charge < -0.3 is 14.8 Å². The molecule has 2 heterocycles. The van der Waals surface area contributed by atoms with Crippen molar-refractivity contribution >= 4 is 11.7 Å². The molecule has 0 bridgehead atoms. The van der Waals surface area contributed by atoms with Crippen molar-refractivity contribution in [3.05, 3.63) is 36.3 Å². The van der Waals surface area contributed by atoms with Crippen molar-refractivity contribution in [3.63, 3.8) is 0 Å². The molecular formula is C9H9N3O2. The minimum atomic E-state index is -1.03. The molecule has 0 spiro atoms. The lowest BCUT2D eigenvalue weighted by molar-refractivity contribution is 0.193. The maximum absolute atomic E-state index is 10.3. The van der Waals surface area contributed by atoms with Crippen molar-refractivity contribution in [2.75, 3.05) is 0 Å². The summed E-state index contributed by atoms with van der Waals surface area (Å²) in [5.74, 6) is 0. The number of rotatable bonds is 2. The molecule has 0 saturated heterocycles. The Balaban J connectivity index is 2.32. The molecule has 0 aromatic carbocycles. The van der Waals surface area contributed by atoms with Crippen molar-refractivity contribution in [3.8, 4) is 0 Å². The Morgan fingerprint density at radius 2 is 2.43 bits per heavy atom. The van der Waals surface area contributed by atoms with Gasteiger partial charge in [0.2, 0.25) is 0 Å². The van der Waals surface area contributed by atoms with Crippen LogP contribution in [-0.4, -0.2) is 20.6 Å². The SMILES string of the molecule is O=C(O)NCc1cccc2nccn12. The fraction of sp³-hybridized carbons (Fsp3) is 0.111. The summed E-state index contributed by atoms with van der Waals surface area (Å²) in [4.78, 5) is 14.4. The van der Waals surface area contributed by atoms with Crippen LogP contribution in [0.25, 0.3) is 5.65 Å². The zero-order valence-electron chi connectivity index (χ0n) is 7.34. The van der Waals surface area contributed by atoms with E-state index in [1.165, 1.54) is 0 Å². The predicted octanol–water partition coefficient (Wildman–Crippen LogP) is 1.10. The predicted molar refractivity (Wildman–Crippen MR) is 50.1 cm³/mol. The molecule has 14 heavy (non-hydrogen) atoms. The first kappa shape index (κ1) is 8.55. The van der Waals surface area contributed by atoms with Crippen molar-refractivity contribution in [2.45, 2.75) is 6.54 Å². The average molecular weight is 191 g/mol. The number of aromatic nitrogens is 2. The lowest BCUT2D eigenvalue weighted by Gasteiger charge is -2.04. The molecule has 0 saturated carbocycles. The second-order valence-electron chi connectivity index (χ2n) is 2.83. The Morgan fingerprint density at radius 3 is 3.21 bits per heavy atom. The van der Waals surface area contributed by atoms with E-state index in [1.807, 2.05) is 22.6 Å². The van der Waals surface area contributed by atoms with Gasteiger partial charge in [0.05, 0.1) is 6.54 Å². The topological polar surface area (TPSA) is 66.6 Å². The van der Waals surface area contributed by atoms with E-state index in [2.05, 4.69) is 10.3 Å². The van der Waals surface area contributed by atoms with Gasteiger partial charge in [-0.25, -0.2) is 9.78 Å². The molecule has 0 fully saturated rings. The van der Waals surface area contributed by atoms with Crippen LogP contribution in [0.3, 0.4) is 0 Å². The van der Waals surface area contributed by atoms with E-state index >= 15 is 0 Å². The summed E-state index contributed by atoms with van der Waals surface area (Å²) >= 11 is 0. The lowest BCUT2D eigenvalue weighted by atomic mass is 10.3. The molecule has 5 heteroatoms. The molecule has 1 amide bonds. The number of hydrogen-bond donors (Lipinski definition) is 2. The van der Waals surface area contributed by atoms with Crippen LogP contribution in [0.4, 0.5) is 4.79 Å². The molecule has 2 rings (SSSR count). The number of nitrogens with one attached hydrogen (secondary N) is 1.